The third kappa shape index (κ3) is 3.18. The fourth-order valence-corrected chi connectivity index (χ4v) is 2.94. The molecule has 21 heavy (non-hydrogen) atoms. The second kappa shape index (κ2) is 6.17. The topological polar surface area (TPSA) is 48.4 Å². The normalized spacial score (nSPS) is 15.8. The van der Waals surface area contributed by atoms with Gasteiger partial charge in [-0.05, 0) is 51.2 Å². The molecule has 1 aliphatic carbocycles. The number of allylic oxidation sites excluding steroid dienone is 1. The zero-order chi connectivity index (χ0) is 14.7. The molecule has 0 amide bonds. The maximum atomic E-state index is 10.0. The van der Waals surface area contributed by atoms with Gasteiger partial charge in [0.25, 0.3) is 0 Å². The maximum Gasteiger partial charge on any atom is 0.198 e. The minimum Gasteiger partial charge on any atom is -0.494 e. The summed E-state index contributed by atoms with van der Waals surface area (Å²) < 4.78 is 0. The highest BCUT2D eigenvalue weighted by molar-refractivity contribution is 6.02. The van der Waals surface area contributed by atoms with Crippen LogP contribution in [0.5, 0.6) is 5.88 Å². The second-order valence-electron chi connectivity index (χ2n) is 5.83. The Hall–Kier alpha value is -2.03. The van der Waals surface area contributed by atoms with E-state index in [0.717, 1.165) is 29.4 Å². The largest absolute Gasteiger partial charge is 0.494 e. The van der Waals surface area contributed by atoms with Gasteiger partial charge in [-0.2, -0.15) is 0 Å². The van der Waals surface area contributed by atoms with Crippen molar-refractivity contribution in [2.24, 2.45) is 4.99 Å². The number of nitrogens with zero attached hydrogens (tertiary/aromatic N) is 1. The first-order chi connectivity index (χ1) is 10.2. The van der Waals surface area contributed by atoms with E-state index in [1.807, 2.05) is 12.1 Å². The van der Waals surface area contributed by atoms with Gasteiger partial charge < -0.3 is 10.1 Å². The average molecular weight is 282 g/mol. The highest BCUT2D eigenvalue weighted by atomic mass is 16.3. The van der Waals surface area contributed by atoms with Gasteiger partial charge in [0.15, 0.2) is 5.88 Å². The van der Waals surface area contributed by atoms with Crippen molar-refractivity contribution in [3.63, 3.8) is 0 Å². The highest BCUT2D eigenvalue weighted by Crippen LogP contribution is 2.26. The quantitative estimate of drug-likeness (QED) is 0.630. The number of aryl methyl sites for hydroxylation is 1. The standard InChI is InChI=1S/C18H22N2O/c1-13-7-8-17-15(11-13)16(18(21)20-17)12-19-10-9-14-5-3-2-4-6-14/h5,7-8,11-12,20-21H,2-4,6,9-10H2,1H3. The molecule has 3 rings (SSSR count). The van der Waals surface area contributed by atoms with Crippen molar-refractivity contribution < 1.29 is 5.11 Å². The molecule has 3 nitrogen and oxygen atoms in total. The van der Waals surface area contributed by atoms with E-state index in [9.17, 15) is 5.11 Å². The van der Waals surface area contributed by atoms with Crippen LogP contribution in [-0.4, -0.2) is 22.8 Å². The molecular formula is C18H22N2O. The fourth-order valence-electron chi connectivity index (χ4n) is 2.94. The van der Waals surface area contributed by atoms with E-state index in [2.05, 4.69) is 29.0 Å². The summed E-state index contributed by atoms with van der Waals surface area (Å²) in [6.07, 6.45) is 10.3. The first-order valence-corrected chi connectivity index (χ1v) is 7.73. The van der Waals surface area contributed by atoms with Crippen molar-refractivity contribution in [1.82, 2.24) is 4.98 Å². The lowest BCUT2D eigenvalue weighted by molar-refractivity contribution is 0.457. The lowest BCUT2D eigenvalue weighted by Crippen LogP contribution is -1.94. The molecule has 1 aromatic heterocycles. The van der Waals surface area contributed by atoms with Crippen LogP contribution in [0, 0.1) is 6.92 Å². The molecule has 0 aliphatic heterocycles. The summed E-state index contributed by atoms with van der Waals surface area (Å²) in [7, 11) is 0. The van der Waals surface area contributed by atoms with E-state index in [4.69, 9.17) is 0 Å². The molecule has 0 saturated heterocycles. The zero-order valence-electron chi connectivity index (χ0n) is 12.5. The monoisotopic (exact) mass is 282 g/mol. The van der Waals surface area contributed by atoms with Crippen LogP contribution in [-0.2, 0) is 0 Å². The Bertz CT molecular complexity index is 695. The van der Waals surface area contributed by atoms with Crippen molar-refractivity contribution in [3.05, 3.63) is 41.0 Å². The predicted molar refractivity (Wildman–Crippen MR) is 88.3 cm³/mol. The molecule has 2 N–H and O–H groups in total. The van der Waals surface area contributed by atoms with Crippen LogP contribution in [0.2, 0.25) is 0 Å². The van der Waals surface area contributed by atoms with Gasteiger partial charge in [0.1, 0.15) is 0 Å². The smallest absolute Gasteiger partial charge is 0.198 e. The number of hydrogen-bond acceptors (Lipinski definition) is 2. The maximum absolute atomic E-state index is 10.0. The molecule has 1 heterocycles. The Labute approximate surface area is 125 Å². The Morgan fingerprint density at radius 2 is 2.24 bits per heavy atom. The van der Waals surface area contributed by atoms with E-state index in [-0.39, 0.29) is 5.88 Å². The number of aromatic nitrogens is 1. The average Bonchev–Trinajstić information content (AvgIpc) is 2.80. The number of benzene rings is 1. The second-order valence-corrected chi connectivity index (χ2v) is 5.83. The van der Waals surface area contributed by atoms with Crippen LogP contribution in [0.15, 0.2) is 34.8 Å². The number of aliphatic imine (C=N–C) groups is 1. The van der Waals surface area contributed by atoms with Gasteiger partial charge in [0.2, 0.25) is 0 Å². The lowest BCUT2D eigenvalue weighted by Gasteiger charge is -2.10. The first-order valence-electron chi connectivity index (χ1n) is 7.73. The molecule has 0 bridgehead atoms. The fraction of sp³-hybridized carbons (Fsp3) is 0.389. The molecule has 3 heteroatoms. The molecule has 0 radical (unpaired) electrons. The van der Waals surface area contributed by atoms with Crippen LogP contribution in [0.4, 0.5) is 0 Å². The Morgan fingerprint density at radius 1 is 1.33 bits per heavy atom. The third-order valence-electron chi connectivity index (χ3n) is 4.14. The van der Waals surface area contributed by atoms with E-state index in [0.29, 0.717) is 0 Å². The Morgan fingerprint density at radius 3 is 3.05 bits per heavy atom. The summed E-state index contributed by atoms with van der Waals surface area (Å²) in [5.41, 5.74) is 4.47. The number of aromatic amines is 1. The number of aromatic hydroxyl groups is 1. The highest BCUT2D eigenvalue weighted by Gasteiger charge is 2.08. The number of fused-ring (bicyclic) bond motifs is 1. The van der Waals surface area contributed by atoms with E-state index >= 15 is 0 Å². The molecule has 0 fully saturated rings. The van der Waals surface area contributed by atoms with Gasteiger partial charge in [-0.3, -0.25) is 4.99 Å². The summed E-state index contributed by atoms with van der Waals surface area (Å²) in [5.74, 6) is 0.205. The van der Waals surface area contributed by atoms with Crippen LogP contribution >= 0.6 is 0 Å². The number of hydrogen-bond donors (Lipinski definition) is 2. The minimum absolute atomic E-state index is 0.205. The summed E-state index contributed by atoms with van der Waals surface area (Å²) >= 11 is 0. The summed E-state index contributed by atoms with van der Waals surface area (Å²) in [6, 6.07) is 6.11. The van der Waals surface area contributed by atoms with Gasteiger partial charge >= 0.3 is 0 Å². The Kier molecular flexibility index (Phi) is 4.09. The summed E-state index contributed by atoms with van der Waals surface area (Å²) in [4.78, 5) is 7.50. The van der Waals surface area contributed by atoms with Crippen molar-refractivity contribution in [2.45, 2.75) is 39.0 Å². The van der Waals surface area contributed by atoms with Crippen molar-refractivity contribution in [2.75, 3.05) is 6.54 Å². The molecule has 0 saturated carbocycles. The van der Waals surface area contributed by atoms with Crippen LogP contribution in [0.3, 0.4) is 0 Å². The predicted octanol–water partition coefficient (Wildman–Crippen LogP) is 4.49. The molecule has 0 atom stereocenters. The van der Waals surface area contributed by atoms with E-state index in [1.54, 1.807) is 6.21 Å². The van der Waals surface area contributed by atoms with Crippen molar-refractivity contribution in [3.8, 4) is 5.88 Å². The van der Waals surface area contributed by atoms with Crippen molar-refractivity contribution in [1.29, 1.82) is 0 Å². The van der Waals surface area contributed by atoms with Gasteiger partial charge in [0.05, 0.1) is 5.56 Å². The van der Waals surface area contributed by atoms with Gasteiger partial charge in [-0.25, -0.2) is 0 Å². The number of rotatable bonds is 4. The molecule has 0 unspecified atom stereocenters. The number of H-pyrrole nitrogens is 1. The molecule has 2 aromatic rings. The van der Waals surface area contributed by atoms with Crippen LogP contribution < -0.4 is 0 Å². The third-order valence-corrected chi connectivity index (χ3v) is 4.14. The Balaban J connectivity index is 1.72. The van der Waals surface area contributed by atoms with Gasteiger partial charge in [-0.1, -0.05) is 23.3 Å². The SMILES string of the molecule is Cc1ccc2[nH]c(O)c(C=NCCC3=CCCCC3)c2c1. The molecular weight excluding hydrogens is 260 g/mol. The zero-order valence-corrected chi connectivity index (χ0v) is 12.5. The molecule has 1 aromatic carbocycles. The summed E-state index contributed by atoms with van der Waals surface area (Å²) in [5, 5.41) is 11.1. The first kappa shape index (κ1) is 13.9. The molecule has 110 valence electrons. The number of nitrogens with one attached hydrogen (secondary N) is 1. The summed E-state index contributed by atoms with van der Waals surface area (Å²) in [6.45, 7) is 2.85. The van der Waals surface area contributed by atoms with Crippen molar-refractivity contribution >= 4 is 17.1 Å². The minimum atomic E-state index is 0.205. The van der Waals surface area contributed by atoms with Crippen LogP contribution in [0.25, 0.3) is 10.9 Å². The molecule has 0 spiro atoms. The van der Waals surface area contributed by atoms with Gasteiger partial charge in [0, 0.05) is 23.7 Å². The van der Waals surface area contributed by atoms with Crippen LogP contribution in [0.1, 0.15) is 43.2 Å². The lowest BCUT2D eigenvalue weighted by atomic mass is 9.97. The van der Waals surface area contributed by atoms with E-state index in [1.165, 1.54) is 36.8 Å². The van der Waals surface area contributed by atoms with Gasteiger partial charge in [-0.15, -0.1) is 0 Å². The van der Waals surface area contributed by atoms with E-state index < -0.39 is 0 Å². The molecule has 1 aliphatic rings.